The normalized spacial score (nSPS) is 14.9. The highest BCUT2D eigenvalue weighted by Gasteiger charge is 2.35. The summed E-state index contributed by atoms with van der Waals surface area (Å²) in [4.78, 5) is 28.2. The second-order valence-electron chi connectivity index (χ2n) is 7.16. The minimum absolute atomic E-state index is 0.139. The van der Waals surface area contributed by atoms with Crippen LogP contribution in [0.25, 0.3) is 33.0 Å². The van der Waals surface area contributed by atoms with Gasteiger partial charge in [-0.1, -0.05) is 24.3 Å². The SMILES string of the molecule is Cn1ccc2cccc(C3=C(c4c[nH]c5cc(C(F)(F)F)ccc45)C(=O)NC3=O)c21. The molecule has 150 valence electrons. The fraction of sp³-hybridized carbons (Fsp3) is 0.0909. The maximum atomic E-state index is 13.0. The van der Waals surface area contributed by atoms with Gasteiger partial charge in [0.15, 0.2) is 0 Å². The first-order valence-corrected chi connectivity index (χ1v) is 9.09. The number of carbonyl (C=O) groups is 2. The summed E-state index contributed by atoms with van der Waals surface area (Å²) in [5.41, 5.74) is 1.53. The molecule has 0 saturated heterocycles. The highest BCUT2D eigenvalue weighted by atomic mass is 19.4. The molecule has 0 bridgehead atoms. The largest absolute Gasteiger partial charge is 0.416 e. The molecule has 5 rings (SSSR count). The zero-order valence-electron chi connectivity index (χ0n) is 15.6. The van der Waals surface area contributed by atoms with Crippen LogP contribution in [0.3, 0.4) is 0 Å². The van der Waals surface area contributed by atoms with Crippen LogP contribution in [-0.4, -0.2) is 21.4 Å². The number of benzene rings is 2. The summed E-state index contributed by atoms with van der Waals surface area (Å²) in [7, 11) is 1.84. The van der Waals surface area contributed by atoms with Crippen LogP contribution in [-0.2, 0) is 22.8 Å². The zero-order chi connectivity index (χ0) is 21.2. The number of imide groups is 1. The Bertz CT molecular complexity index is 1410. The molecule has 0 aliphatic carbocycles. The van der Waals surface area contributed by atoms with Crippen molar-refractivity contribution in [1.29, 1.82) is 0 Å². The van der Waals surface area contributed by atoms with E-state index in [-0.39, 0.29) is 16.7 Å². The van der Waals surface area contributed by atoms with E-state index >= 15 is 0 Å². The number of amides is 2. The molecule has 0 radical (unpaired) electrons. The molecule has 0 spiro atoms. The van der Waals surface area contributed by atoms with Crippen molar-refractivity contribution in [2.75, 3.05) is 0 Å². The first-order valence-electron chi connectivity index (χ1n) is 9.09. The Kier molecular flexibility index (Phi) is 3.70. The lowest BCUT2D eigenvalue weighted by Gasteiger charge is -2.09. The summed E-state index contributed by atoms with van der Waals surface area (Å²) in [6.45, 7) is 0. The number of fused-ring (bicyclic) bond motifs is 2. The number of hydrogen-bond acceptors (Lipinski definition) is 2. The van der Waals surface area contributed by atoms with Gasteiger partial charge in [-0.05, 0) is 18.2 Å². The van der Waals surface area contributed by atoms with Crippen LogP contribution in [0.1, 0.15) is 16.7 Å². The quantitative estimate of drug-likeness (QED) is 0.486. The molecule has 1 aliphatic rings. The number of H-pyrrole nitrogens is 1. The molecule has 0 unspecified atom stereocenters. The molecule has 8 heteroatoms. The molecule has 30 heavy (non-hydrogen) atoms. The van der Waals surface area contributed by atoms with Crippen molar-refractivity contribution in [2.45, 2.75) is 6.18 Å². The van der Waals surface area contributed by atoms with Crippen molar-refractivity contribution in [2.24, 2.45) is 7.05 Å². The molecule has 3 heterocycles. The van der Waals surface area contributed by atoms with Crippen LogP contribution >= 0.6 is 0 Å². The molecule has 4 aromatic rings. The maximum Gasteiger partial charge on any atom is 0.416 e. The van der Waals surface area contributed by atoms with Gasteiger partial charge in [0.2, 0.25) is 0 Å². The number of rotatable bonds is 2. The van der Waals surface area contributed by atoms with E-state index in [4.69, 9.17) is 0 Å². The van der Waals surface area contributed by atoms with Crippen LogP contribution in [0.2, 0.25) is 0 Å². The standard InChI is InChI=1S/C22H14F3N3O2/c1-28-8-7-11-3-2-4-14(19(11)28)17-18(21(30)27-20(17)29)15-10-26-16-9-12(22(23,24)25)5-6-13(15)16/h2-10,26H,1H3,(H,27,29,30). The molecule has 2 N–H and O–H groups in total. The lowest BCUT2D eigenvalue weighted by Crippen LogP contribution is -2.22. The number of aromatic amines is 1. The van der Waals surface area contributed by atoms with Crippen molar-refractivity contribution in [3.05, 3.63) is 71.5 Å². The topological polar surface area (TPSA) is 66.9 Å². The first kappa shape index (κ1) is 18.2. The predicted octanol–water partition coefficient (Wildman–Crippen LogP) is 4.25. The van der Waals surface area contributed by atoms with Gasteiger partial charge < -0.3 is 9.55 Å². The van der Waals surface area contributed by atoms with Gasteiger partial charge in [-0.2, -0.15) is 13.2 Å². The van der Waals surface area contributed by atoms with Crippen LogP contribution in [0, 0.1) is 0 Å². The van der Waals surface area contributed by atoms with Gasteiger partial charge in [0.05, 0.1) is 22.2 Å². The fourth-order valence-corrected chi connectivity index (χ4v) is 4.04. The van der Waals surface area contributed by atoms with E-state index in [1.807, 2.05) is 29.9 Å². The third-order valence-electron chi connectivity index (χ3n) is 5.38. The van der Waals surface area contributed by atoms with E-state index in [0.29, 0.717) is 16.5 Å². The number of para-hydroxylation sites is 1. The van der Waals surface area contributed by atoms with Crippen molar-refractivity contribution in [3.63, 3.8) is 0 Å². The van der Waals surface area contributed by atoms with Crippen molar-refractivity contribution in [1.82, 2.24) is 14.9 Å². The number of hydrogen-bond donors (Lipinski definition) is 2. The van der Waals surface area contributed by atoms with E-state index in [0.717, 1.165) is 23.0 Å². The minimum Gasteiger partial charge on any atom is -0.361 e. The number of aromatic nitrogens is 2. The molecule has 0 fully saturated rings. The Morgan fingerprint density at radius 3 is 2.40 bits per heavy atom. The Labute approximate surface area is 167 Å². The molecular weight excluding hydrogens is 395 g/mol. The molecule has 2 amide bonds. The zero-order valence-corrected chi connectivity index (χ0v) is 15.6. The highest BCUT2D eigenvalue weighted by molar-refractivity contribution is 6.50. The number of alkyl halides is 3. The Morgan fingerprint density at radius 2 is 1.67 bits per heavy atom. The third-order valence-corrected chi connectivity index (χ3v) is 5.38. The number of nitrogens with zero attached hydrogens (tertiary/aromatic N) is 1. The summed E-state index contributed by atoms with van der Waals surface area (Å²) < 4.78 is 41.0. The van der Waals surface area contributed by atoms with Gasteiger partial charge in [0, 0.05) is 46.9 Å². The van der Waals surface area contributed by atoms with Gasteiger partial charge in [0.1, 0.15) is 0 Å². The average molecular weight is 409 g/mol. The third kappa shape index (κ3) is 2.57. The second-order valence-corrected chi connectivity index (χ2v) is 7.16. The average Bonchev–Trinajstić information content (AvgIpc) is 3.36. The fourth-order valence-electron chi connectivity index (χ4n) is 4.04. The summed E-state index contributed by atoms with van der Waals surface area (Å²) in [6.07, 6.45) is -1.16. The Balaban J connectivity index is 1.79. The van der Waals surface area contributed by atoms with E-state index in [1.165, 1.54) is 12.3 Å². The molecule has 2 aromatic heterocycles. The number of aryl methyl sites for hydroxylation is 1. The van der Waals surface area contributed by atoms with Crippen LogP contribution < -0.4 is 5.32 Å². The minimum atomic E-state index is -4.48. The summed E-state index contributed by atoms with van der Waals surface area (Å²) >= 11 is 0. The Hall–Kier alpha value is -3.81. The van der Waals surface area contributed by atoms with Crippen LogP contribution in [0.4, 0.5) is 13.2 Å². The summed E-state index contributed by atoms with van der Waals surface area (Å²) in [5.74, 6) is -1.12. The molecule has 1 aliphatic heterocycles. The molecule has 0 saturated carbocycles. The monoisotopic (exact) mass is 409 g/mol. The number of nitrogens with one attached hydrogen (secondary N) is 2. The van der Waals surface area contributed by atoms with Gasteiger partial charge in [-0.3, -0.25) is 14.9 Å². The maximum absolute atomic E-state index is 13.0. The second kappa shape index (κ2) is 6.09. The summed E-state index contributed by atoms with van der Waals surface area (Å²) in [5, 5.41) is 3.66. The van der Waals surface area contributed by atoms with Gasteiger partial charge in [0.25, 0.3) is 11.8 Å². The summed E-state index contributed by atoms with van der Waals surface area (Å²) in [6, 6.07) is 10.6. The lowest BCUT2D eigenvalue weighted by atomic mass is 9.94. The van der Waals surface area contributed by atoms with E-state index in [2.05, 4.69) is 10.3 Å². The van der Waals surface area contributed by atoms with E-state index in [1.54, 1.807) is 12.1 Å². The van der Waals surface area contributed by atoms with Crippen LogP contribution in [0.15, 0.2) is 54.9 Å². The first-order chi connectivity index (χ1) is 14.3. The van der Waals surface area contributed by atoms with Crippen molar-refractivity contribution >= 4 is 44.8 Å². The predicted molar refractivity (Wildman–Crippen MR) is 106 cm³/mol. The van der Waals surface area contributed by atoms with Gasteiger partial charge in [-0.25, -0.2) is 0 Å². The molecule has 5 nitrogen and oxygen atoms in total. The van der Waals surface area contributed by atoms with Crippen LogP contribution in [0.5, 0.6) is 0 Å². The number of carbonyl (C=O) groups excluding carboxylic acids is 2. The van der Waals surface area contributed by atoms with Crippen molar-refractivity contribution in [3.8, 4) is 0 Å². The number of halogens is 3. The molecular formula is C22H14F3N3O2. The highest BCUT2D eigenvalue weighted by Crippen LogP contribution is 2.39. The van der Waals surface area contributed by atoms with Gasteiger partial charge in [-0.15, -0.1) is 0 Å². The van der Waals surface area contributed by atoms with Gasteiger partial charge >= 0.3 is 6.18 Å². The molecule has 2 aromatic carbocycles. The smallest absolute Gasteiger partial charge is 0.361 e. The van der Waals surface area contributed by atoms with E-state index < -0.39 is 23.6 Å². The van der Waals surface area contributed by atoms with Crippen molar-refractivity contribution < 1.29 is 22.8 Å². The lowest BCUT2D eigenvalue weighted by molar-refractivity contribution is -0.137. The van der Waals surface area contributed by atoms with E-state index in [9.17, 15) is 22.8 Å². The molecule has 0 atom stereocenters. The Morgan fingerprint density at radius 1 is 0.933 bits per heavy atom.